The fourth-order valence-electron chi connectivity index (χ4n) is 2.35. The normalized spacial score (nSPS) is 18.7. The van der Waals surface area contributed by atoms with Crippen LogP contribution in [-0.2, 0) is 6.18 Å². The van der Waals surface area contributed by atoms with Gasteiger partial charge in [-0.2, -0.15) is 13.2 Å². The Hall–Kier alpha value is -1.04. The predicted molar refractivity (Wildman–Crippen MR) is 78.1 cm³/mol. The van der Waals surface area contributed by atoms with E-state index in [-0.39, 0.29) is 21.4 Å². The molecule has 0 N–H and O–H groups in total. The van der Waals surface area contributed by atoms with Crippen LogP contribution in [0.25, 0.3) is 0 Å². The van der Waals surface area contributed by atoms with E-state index in [2.05, 4.69) is 29.8 Å². The summed E-state index contributed by atoms with van der Waals surface area (Å²) in [5.41, 5.74) is -0.262. The van der Waals surface area contributed by atoms with Crippen LogP contribution < -0.4 is 0 Å². The van der Waals surface area contributed by atoms with Crippen LogP contribution in [0.5, 0.6) is 0 Å². The third-order valence-corrected chi connectivity index (χ3v) is 4.59. The molecule has 0 aliphatic carbocycles. The van der Waals surface area contributed by atoms with Crippen LogP contribution in [0.4, 0.5) is 13.2 Å². The second-order valence-electron chi connectivity index (χ2n) is 6.15. The molecule has 1 amide bonds. The van der Waals surface area contributed by atoms with E-state index in [0.29, 0.717) is 13.1 Å². The summed E-state index contributed by atoms with van der Waals surface area (Å²) >= 11 is 3.08. The second kappa shape index (κ2) is 5.63. The molecule has 0 bridgehead atoms. The zero-order chi connectivity index (χ0) is 15.8. The van der Waals surface area contributed by atoms with Gasteiger partial charge in [0.1, 0.15) is 0 Å². The van der Waals surface area contributed by atoms with Gasteiger partial charge in [0.25, 0.3) is 5.91 Å². The van der Waals surface area contributed by atoms with E-state index in [1.54, 1.807) is 4.90 Å². The third-order valence-electron chi connectivity index (χ3n) is 3.93. The molecule has 1 aromatic rings. The summed E-state index contributed by atoms with van der Waals surface area (Å²) in [6.45, 7) is 5.59. The second-order valence-corrected chi connectivity index (χ2v) is 7.00. The highest BCUT2D eigenvalue weighted by atomic mass is 79.9. The predicted octanol–water partition coefficient (Wildman–Crippen LogP) is 4.73. The smallest absolute Gasteiger partial charge is 0.339 e. The minimum Gasteiger partial charge on any atom is -0.339 e. The molecular weight excluding hydrogens is 347 g/mol. The van der Waals surface area contributed by atoms with Gasteiger partial charge in [-0.05, 0) is 52.4 Å². The molecule has 0 spiro atoms. The number of benzene rings is 1. The van der Waals surface area contributed by atoms with E-state index in [1.807, 2.05) is 0 Å². The van der Waals surface area contributed by atoms with Gasteiger partial charge >= 0.3 is 6.18 Å². The van der Waals surface area contributed by atoms with Gasteiger partial charge in [0, 0.05) is 17.6 Å². The Labute approximate surface area is 130 Å². The van der Waals surface area contributed by atoms with Crippen molar-refractivity contribution in [1.29, 1.82) is 0 Å². The fourth-order valence-corrected chi connectivity index (χ4v) is 2.90. The van der Waals surface area contributed by atoms with Crippen LogP contribution in [-0.4, -0.2) is 23.9 Å². The van der Waals surface area contributed by atoms with Gasteiger partial charge in [0.05, 0.1) is 11.1 Å². The Kier molecular flexibility index (Phi) is 4.38. The monoisotopic (exact) mass is 363 g/mol. The first kappa shape index (κ1) is 16.3. The molecule has 21 heavy (non-hydrogen) atoms. The van der Waals surface area contributed by atoms with Crippen molar-refractivity contribution in [3.8, 4) is 0 Å². The maximum atomic E-state index is 12.6. The Morgan fingerprint density at radius 3 is 2.29 bits per heavy atom. The van der Waals surface area contributed by atoms with Crippen LogP contribution in [0.15, 0.2) is 22.7 Å². The SMILES string of the molecule is CC1(C)CCN(C(=O)c2ccc(C(F)(F)F)cc2Br)CC1. The van der Waals surface area contributed by atoms with Crippen LogP contribution in [0.1, 0.15) is 42.6 Å². The number of carbonyl (C=O) groups is 1. The van der Waals surface area contributed by atoms with Gasteiger partial charge in [-0.25, -0.2) is 0 Å². The van der Waals surface area contributed by atoms with Gasteiger partial charge in [-0.3, -0.25) is 4.79 Å². The lowest BCUT2D eigenvalue weighted by molar-refractivity contribution is -0.137. The molecule has 1 aliphatic rings. The molecule has 6 heteroatoms. The van der Waals surface area contributed by atoms with E-state index < -0.39 is 11.7 Å². The lowest BCUT2D eigenvalue weighted by atomic mass is 9.82. The highest BCUT2D eigenvalue weighted by Crippen LogP contribution is 2.34. The average molecular weight is 364 g/mol. The molecule has 1 fully saturated rings. The first-order valence-corrected chi connectivity index (χ1v) is 7.55. The van der Waals surface area contributed by atoms with Gasteiger partial charge in [-0.15, -0.1) is 0 Å². The summed E-state index contributed by atoms with van der Waals surface area (Å²) in [5.74, 6) is -0.217. The number of nitrogens with zero attached hydrogens (tertiary/aromatic N) is 1. The van der Waals surface area contributed by atoms with Crippen molar-refractivity contribution in [3.63, 3.8) is 0 Å². The molecule has 2 nitrogen and oxygen atoms in total. The molecule has 116 valence electrons. The number of amides is 1. The zero-order valence-corrected chi connectivity index (χ0v) is 13.5. The molecular formula is C15H17BrF3NO. The van der Waals surface area contributed by atoms with Crippen molar-refractivity contribution >= 4 is 21.8 Å². The minimum absolute atomic E-state index is 0.187. The van der Waals surface area contributed by atoms with Gasteiger partial charge in [0.15, 0.2) is 0 Å². The molecule has 1 aromatic carbocycles. The molecule has 1 heterocycles. The number of halogens is 4. The molecule has 0 aromatic heterocycles. The Bertz CT molecular complexity index is 544. The molecule has 1 aliphatic heterocycles. The van der Waals surface area contributed by atoms with Gasteiger partial charge in [-0.1, -0.05) is 13.8 Å². The summed E-state index contributed by atoms with van der Waals surface area (Å²) in [4.78, 5) is 14.1. The maximum absolute atomic E-state index is 12.6. The maximum Gasteiger partial charge on any atom is 0.416 e. The third kappa shape index (κ3) is 3.78. The number of likely N-dealkylation sites (tertiary alicyclic amines) is 1. The fraction of sp³-hybridized carbons (Fsp3) is 0.533. The van der Waals surface area contributed by atoms with Crippen molar-refractivity contribution in [1.82, 2.24) is 4.90 Å². The Morgan fingerprint density at radius 2 is 1.81 bits per heavy atom. The number of hydrogen-bond acceptors (Lipinski definition) is 1. The van der Waals surface area contributed by atoms with E-state index in [0.717, 1.165) is 25.0 Å². The number of alkyl halides is 3. The van der Waals surface area contributed by atoms with Gasteiger partial charge < -0.3 is 4.90 Å². The number of carbonyl (C=O) groups excluding carboxylic acids is 1. The van der Waals surface area contributed by atoms with Crippen molar-refractivity contribution in [2.75, 3.05) is 13.1 Å². The molecule has 0 saturated carbocycles. The van der Waals surface area contributed by atoms with Crippen LogP contribution in [0, 0.1) is 5.41 Å². The quantitative estimate of drug-likeness (QED) is 0.706. The first-order chi connectivity index (χ1) is 9.60. The van der Waals surface area contributed by atoms with Crippen molar-refractivity contribution < 1.29 is 18.0 Å². The highest BCUT2D eigenvalue weighted by molar-refractivity contribution is 9.10. The molecule has 0 radical (unpaired) electrons. The van der Waals surface area contributed by atoms with Crippen molar-refractivity contribution in [2.45, 2.75) is 32.9 Å². The minimum atomic E-state index is -4.40. The molecule has 0 unspecified atom stereocenters. The largest absolute Gasteiger partial charge is 0.416 e. The van der Waals surface area contributed by atoms with Crippen molar-refractivity contribution in [3.05, 3.63) is 33.8 Å². The summed E-state index contributed by atoms with van der Waals surface area (Å²) in [6, 6.07) is 3.15. The first-order valence-electron chi connectivity index (χ1n) is 6.76. The summed E-state index contributed by atoms with van der Waals surface area (Å²) < 4.78 is 38.1. The summed E-state index contributed by atoms with van der Waals surface area (Å²) in [6.07, 6.45) is -2.60. The Balaban J connectivity index is 2.17. The zero-order valence-electron chi connectivity index (χ0n) is 11.9. The highest BCUT2D eigenvalue weighted by Gasteiger charge is 2.33. The topological polar surface area (TPSA) is 20.3 Å². The van der Waals surface area contributed by atoms with E-state index in [9.17, 15) is 18.0 Å². The lowest BCUT2D eigenvalue weighted by Crippen LogP contribution is -2.41. The van der Waals surface area contributed by atoms with E-state index in [4.69, 9.17) is 0 Å². The number of piperidine rings is 1. The molecule has 1 saturated heterocycles. The van der Waals surface area contributed by atoms with E-state index in [1.165, 1.54) is 6.07 Å². The van der Waals surface area contributed by atoms with E-state index >= 15 is 0 Å². The average Bonchev–Trinajstić information content (AvgIpc) is 2.36. The summed E-state index contributed by atoms with van der Waals surface area (Å²) in [5, 5.41) is 0. The van der Waals surface area contributed by atoms with Crippen LogP contribution >= 0.6 is 15.9 Å². The number of rotatable bonds is 1. The van der Waals surface area contributed by atoms with Gasteiger partial charge in [0.2, 0.25) is 0 Å². The van der Waals surface area contributed by atoms with Crippen molar-refractivity contribution in [2.24, 2.45) is 5.41 Å². The molecule has 2 rings (SSSR count). The standard InChI is InChI=1S/C15H17BrF3NO/c1-14(2)5-7-20(8-6-14)13(21)11-4-3-10(9-12(11)16)15(17,18)19/h3-4,9H,5-8H2,1-2H3. The lowest BCUT2D eigenvalue weighted by Gasteiger charge is -2.37. The summed E-state index contributed by atoms with van der Waals surface area (Å²) in [7, 11) is 0. The Morgan fingerprint density at radius 1 is 1.24 bits per heavy atom. The van der Waals surface area contributed by atoms with Crippen LogP contribution in [0.3, 0.4) is 0 Å². The van der Waals surface area contributed by atoms with Crippen LogP contribution in [0.2, 0.25) is 0 Å². The number of hydrogen-bond donors (Lipinski definition) is 0. The molecule has 0 atom stereocenters.